The summed E-state index contributed by atoms with van der Waals surface area (Å²) in [6, 6.07) is 16.1. The molecule has 166 valence electrons. The monoisotopic (exact) mass is 453 g/mol. The molecular formula is C23H23N3O5S. The zero-order valence-electron chi connectivity index (χ0n) is 17.2. The molecule has 3 aromatic rings. The zero-order valence-corrected chi connectivity index (χ0v) is 18.0. The summed E-state index contributed by atoms with van der Waals surface area (Å²) >= 11 is 0. The predicted molar refractivity (Wildman–Crippen MR) is 119 cm³/mol. The van der Waals surface area contributed by atoms with Gasteiger partial charge in [0.05, 0.1) is 17.7 Å². The molecule has 8 nitrogen and oxygen atoms in total. The molecule has 2 amide bonds. The normalized spacial score (nSPS) is 11.0. The van der Waals surface area contributed by atoms with Crippen molar-refractivity contribution in [2.75, 3.05) is 6.54 Å². The molecule has 1 aromatic heterocycles. The number of hydrogen-bond acceptors (Lipinski definition) is 5. The summed E-state index contributed by atoms with van der Waals surface area (Å²) in [7, 11) is -3.73. The van der Waals surface area contributed by atoms with Gasteiger partial charge in [-0.25, -0.2) is 13.1 Å². The Morgan fingerprint density at radius 2 is 1.59 bits per heavy atom. The Morgan fingerprint density at radius 1 is 0.906 bits per heavy atom. The van der Waals surface area contributed by atoms with E-state index in [-0.39, 0.29) is 36.0 Å². The topological polar surface area (TPSA) is 118 Å². The average molecular weight is 454 g/mol. The van der Waals surface area contributed by atoms with Crippen LogP contribution in [0.3, 0.4) is 0 Å². The van der Waals surface area contributed by atoms with Gasteiger partial charge in [0.25, 0.3) is 11.8 Å². The van der Waals surface area contributed by atoms with Gasteiger partial charge in [-0.15, -0.1) is 6.58 Å². The van der Waals surface area contributed by atoms with Gasteiger partial charge in [-0.05, 0) is 48.0 Å². The van der Waals surface area contributed by atoms with Gasteiger partial charge in [0.2, 0.25) is 10.0 Å². The highest BCUT2D eigenvalue weighted by Crippen LogP contribution is 2.12. The summed E-state index contributed by atoms with van der Waals surface area (Å²) < 4.78 is 32.0. The van der Waals surface area contributed by atoms with E-state index < -0.39 is 15.9 Å². The van der Waals surface area contributed by atoms with Crippen molar-refractivity contribution < 1.29 is 22.4 Å². The maximum atomic E-state index is 12.5. The number of carbonyl (C=O) groups is 2. The smallest absolute Gasteiger partial charge is 0.251 e. The highest BCUT2D eigenvalue weighted by atomic mass is 32.2. The van der Waals surface area contributed by atoms with Crippen LogP contribution < -0.4 is 15.4 Å². The van der Waals surface area contributed by atoms with Crippen molar-refractivity contribution in [1.29, 1.82) is 0 Å². The van der Waals surface area contributed by atoms with E-state index in [1.54, 1.807) is 36.4 Å². The molecule has 1 heterocycles. The van der Waals surface area contributed by atoms with Crippen LogP contribution in [0.15, 0.2) is 88.9 Å². The number of sulfonamides is 1. The van der Waals surface area contributed by atoms with Crippen molar-refractivity contribution in [3.05, 3.63) is 102 Å². The van der Waals surface area contributed by atoms with Crippen molar-refractivity contribution in [3.8, 4) is 0 Å². The summed E-state index contributed by atoms with van der Waals surface area (Å²) in [5.41, 5.74) is 1.38. The number of furan rings is 1. The van der Waals surface area contributed by atoms with Gasteiger partial charge in [-0.2, -0.15) is 0 Å². The van der Waals surface area contributed by atoms with E-state index in [9.17, 15) is 18.0 Å². The van der Waals surface area contributed by atoms with Crippen LogP contribution in [0.2, 0.25) is 0 Å². The highest BCUT2D eigenvalue weighted by Gasteiger charge is 2.15. The van der Waals surface area contributed by atoms with Crippen molar-refractivity contribution in [2.24, 2.45) is 0 Å². The minimum Gasteiger partial charge on any atom is -0.467 e. The predicted octanol–water partition coefficient (Wildman–Crippen LogP) is 2.60. The molecule has 0 saturated carbocycles. The summed E-state index contributed by atoms with van der Waals surface area (Å²) in [4.78, 5) is 24.9. The van der Waals surface area contributed by atoms with Crippen LogP contribution in [0.4, 0.5) is 0 Å². The quantitative estimate of drug-likeness (QED) is 0.408. The fraction of sp³-hybridized carbons (Fsp3) is 0.130. The first-order chi connectivity index (χ1) is 15.4. The van der Waals surface area contributed by atoms with Crippen LogP contribution in [0, 0.1) is 0 Å². The minimum absolute atomic E-state index is 0.0118. The molecule has 0 aliphatic rings. The number of nitrogens with one attached hydrogen (secondary N) is 3. The Morgan fingerprint density at radius 3 is 2.28 bits per heavy atom. The van der Waals surface area contributed by atoms with Crippen molar-refractivity contribution in [3.63, 3.8) is 0 Å². The average Bonchev–Trinajstić information content (AvgIpc) is 3.33. The summed E-state index contributed by atoms with van der Waals surface area (Å²) in [5, 5.41) is 5.51. The van der Waals surface area contributed by atoms with E-state index >= 15 is 0 Å². The third-order valence-corrected chi connectivity index (χ3v) is 5.89. The Bertz CT molecular complexity index is 1200. The van der Waals surface area contributed by atoms with Crippen LogP contribution in [-0.4, -0.2) is 26.8 Å². The maximum Gasteiger partial charge on any atom is 0.251 e. The van der Waals surface area contributed by atoms with E-state index in [1.165, 1.54) is 36.6 Å². The Labute approximate surface area is 186 Å². The standard InChI is InChI=1S/C23H23N3O5S/c1-2-11-26-32(29,30)21-10-4-8-19(14-21)23(28)24-15-17-6-3-7-18(13-17)22(27)25-16-20-9-5-12-31-20/h2-10,12-14,26H,1,11,15-16H2,(H,24,28)(H,25,27). The summed E-state index contributed by atoms with van der Waals surface area (Å²) in [6.45, 7) is 4.00. The third kappa shape index (κ3) is 6.16. The number of carbonyl (C=O) groups excluding carboxylic acids is 2. The van der Waals surface area contributed by atoms with E-state index in [0.717, 1.165) is 5.56 Å². The molecule has 0 saturated heterocycles. The van der Waals surface area contributed by atoms with E-state index in [4.69, 9.17) is 4.42 Å². The van der Waals surface area contributed by atoms with Crippen molar-refractivity contribution >= 4 is 21.8 Å². The second-order valence-electron chi connectivity index (χ2n) is 6.81. The van der Waals surface area contributed by atoms with E-state index in [1.807, 2.05) is 0 Å². The third-order valence-electron chi connectivity index (χ3n) is 4.47. The summed E-state index contributed by atoms with van der Waals surface area (Å²) in [5.74, 6) is -0.0522. The number of hydrogen-bond donors (Lipinski definition) is 3. The van der Waals surface area contributed by atoms with Crippen molar-refractivity contribution in [1.82, 2.24) is 15.4 Å². The van der Waals surface area contributed by atoms with Crippen LogP contribution in [0.25, 0.3) is 0 Å². The van der Waals surface area contributed by atoms with Gasteiger partial charge in [0.15, 0.2) is 0 Å². The van der Waals surface area contributed by atoms with Gasteiger partial charge in [0, 0.05) is 24.2 Å². The largest absolute Gasteiger partial charge is 0.467 e. The Hall–Kier alpha value is -3.69. The van der Waals surface area contributed by atoms with Crippen molar-refractivity contribution in [2.45, 2.75) is 18.0 Å². The second kappa shape index (κ2) is 10.6. The molecule has 9 heteroatoms. The fourth-order valence-electron chi connectivity index (χ4n) is 2.85. The van der Waals surface area contributed by atoms with Crippen LogP contribution in [-0.2, 0) is 23.1 Å². The Balaban J connectivity index is 1.61. The molecule has 0 fully saturated rings. The zero-order chi connectivity index (χ0) is 23.0. The molecule has 0 aliphatic heterocycles. The van der Waals surface area contributed by atoms with Crippen LogP contribution in [0.1, 0.15) is 32.0 Å². The highest BCUT2D eigenvalue weighted by molar-refractivity contribution is 7.89. The number of amides is 2. The molecule has 0 bridgehead atoms. The molecular weight excluding hydrogens is 430 g/mol. The lowest BCUT2D eigenvalue weighted by atomic mass is 10.1. The first-order valence-corrected chi connectivity index (χ1v) is 11.3. The first-order valence-electron chi connectivity index (χ1n) is 9.77. The Kier molecular flexibility index (Phi) is 7.58. The first kappa shape index (κ1) is 23.0. The van der Waals surface area contributed by atoms with Gasteiger partial charge < -0.3 is 15.1 Å². The van der Waals surface area contributed by atoms with Gasteiger partial charge in [0.1, 0.15) is 5.76 Å². The van der Waals surface area contributed by atoms with E-state index in [2.05, 4.69) is 21.9 Å². The van der Waals surface area contributed by atoms with Crippen LogP contribution in [0.5, 0.6) is 0 Å². The minimum atomic E-state index is -3.73. The van der Waals surface area contributed by atoms with Gasteiger partial charge in [-0.1, -0.05) is 24.3 Å². The SMILES string of the molecule is C=CCNS(=O)(=O)c1cccc(C(=O)NCc2cccc(C(=O)NCc3ccco3)c2)c1. The summed E-state index contributed by atoms with van der Waals surface area (Å²) in [6.07, 6.45) is 2.97. The number of rotatable bonds is 10. The van der Waals surface area contributed by atoms with E-state index in [0.29, 0.717) is 11.3 Å². The lowest BCUT2D eigenvalue weighted by molar-refractivity contribution is 0.0943. The molecule has 0 spiro atoms. The molecule has 3 rings (SSSR count). The lowest BCUT2D eigenvalue weighted by Gasteiger charge is -2.09. The molecule has 0 atom stereocenters. The molecule has 32 heavy (non-hydrogen) atoms. The lowest BCUT2D eigenvalue weighted by Crippen LogP contribution is -2.26. The van der Waals surface area contributed by atoms with Gasteiger partial charge >= 0.3 is 0 Å². The fourth-order valence-corrected chi connectivity index (χ4v) is 3.89. The number of benzene rings is 2. The molecule has 3 N–H and O–H groups in total. The molecule has 0 aliphatic carbocycles. The van der Waals surface area contributed by atoms with Gasteiger partial charge in [-0.3, -0.25) is 9.59 Å². The maximum absolute atomic E-state index is 12.5. The molecule has 0 unspecified atom stereocenters. The second-order valence-corrected chi connectivity index (χ2v) is 8.58. The molecule has 2 aromatic carbocycles. The van der Waals surface area contributed by atoms with Crippen LogP contribution >= 0.6 is 0 Å². The molecule has 0 radical (unpaired) electrons.